The van der Waals surface area contributed by atoms with Crippen LogP contribution in [0, 0.1) is 0 Å². The van der Waals surface area contributed by atoms with E-state index in [2.05, 4.69) is 9.88 Å². The molecule has 0 spiro atoms. The van der Waals surface area contributed by atoms with Gasteiger partial charge in [-0.2, -0.15) is 4.31 Å². The van der Waals surface area contributed by atoms with Crippen LogP contribution in [0.25, 0.3) is 10.8 Å². The molecule has 1 aliphatic rings. The highest BCUT2D eigenvalue weighted by Crippen LogP contribution is 2.23. The van der Waals surface area contributed by atoms with Crippen LogP contribution in [0.3, 0.4) is 0 Å². The number of nitrogens with zero attached hydrogens (tertiary/aromatic N) is 3. The molecule has 0 bridgehead atoms. The van der Waals surface area contributed by atoms with Crippen LogP contribution in [-0.2, 0) is 26.2 Å². The molecule has 4 rings (SSSR count). The zero-order valence-corrected chi connectivity index (χ0v) is 18.0. The van der Waals surface area contributed by atoms with E-state index in [0.717, 1.165) is 23.0 Å². The Labute approximate surface area is 185 Å². The van der Waals surface area contributed by atoms with E-state index in [1.54, 1.807) is 22.6 Å². The lowest BCUT2D eigenvalue weighted by Gasteiger charge is -2.33. The summed E-state index contributed by atoms with van der Waals surface area (Å²) in [5.41, 5.74) is 1.01. The van der Waals surface area contributed by atoms with Crippen LogP contribution in [0.5, 0.6) is 0 Å². The van der Waals surface area contributed by atoms with E-state index in [9.17, 15) is 8.42 Å². The quantitative estimate of drug-likeness (QED) is 0.569. The fourth-order valence-corrected chi connectivity index (χ4v) is 4.78. The van der Waals surface area contributed by atoms with Crippen LogP contribution in [0.1, 0.15) is 5.69 Å². The number of carboxylic acid groups (broad SMARTS) is 2. The van der Waals surface area contributed by atoms with E-state index < -0.39 is 22.0 Å². The molecule has 32 heavy (non-hydrogen) atoms. The Kier molecular flexibility index (Phi) is 7.52. The van der Waals surface area contributed by atoms with Crippen molar-refractivity contribution in [1.82, 2.24) is 14.2 Å². The second-order valence-corrected chi connectivity index (χ2v) is 9.06. The van der Waals surface area contributed by atoms with Gasteiger partial charge in [0.25, 0.3) is 0 Å². The minimum absolute atomic E-state index is 0.370. The summed E-state index contributed by atoms with van der Waals surface area (Å²) in [5.74, 6) is -3.65. The molecule has 9 nitrogen and oxygen atoms in total. The third-order valence-electron chi connectivity index (χ3n) is 4.98. The highest BCUT2D eigenvalue weighted by atomic mass is 32.2. The lowest BCUT2D eigenvalue weighted by atomic mass is 10.1. The van der Waals surface area contributed by atoms with Gasteiger partial charge in [-0.3, -0.25) is 9.88 Å². The maximum Gasteiger partial charge on any atom is 0.414 e. The van der Waals surface area contributed by atoms with Gasteiger partial charge in [-0.1, -0.05) is 36.4 Å². The van der Waals surface area contributed by atoms with Crippen molar-refractivity contribution in [3.63, 3.8) is 0 Å². The number of benzene rings is 2. The van der Waals surface area contributed by atoms with Crippen LogP contribution in [0.2, 0.25) is 0 Å². The molecule has 0 aliphatic carbocycles. The number of sulfonamides is 1. The zero-order valence-electron chi connectivity index (χ0n) is 17.2. The Hall–Kier alpha value is -3.34. The van der Waals surface area contributed by atoms with Crippen molar-refractivity contribution in [1.29, 1.82) is 0 Å². The maximum atomic E-state index is 13.0. The summed E-state index contributed by atoms with van der Waals surface area (Å²) in [6, 6.07) is 19.0. The first kappa shape index (κ1) is 23.3. The van der Waals surface area contributed by atoms with Crippen molar-refractivity contribution >= 4 is 32.7 Å². The van der Waals surface area contributed by atoms with Gasteiger partial charge in [-0.05, 0) is 35.0 Å². The molecule has 1 aliphatic heterocycles. The van der Waals surface area contributed by atoms with Crippen molar-refractivity contribution in [2.24, 2.45) is 0 Å². The lowest BCUT2D eigenvalue weighted by Crippen LogP contribution is -2.48. The van der Waals surface area contributed by atoms with E-state index >= 15 is 0 Å². The maximum absolute atomic E-state index is 13.0. The summed E-state index contributed by atoms with van der Waals surface area (Å²) >= 11 is 0. The number of pyridine rings is 1. The minimum Gasteiger partial charge on any atom is -0.473 e. The SMILES string of the molecule is O=C(O)C(=O)O.O=S(=O)(c1ccc2ccccc2c1)N1CCN(Cc2ccccn2)CC1. The van der Waals surface area contributed by atoms with Crippen molar-refractivity contribution in [2.75, 3.05) is 26.2 Å². The summed E-state index contributed by atoms with van der Waals surface area (Å²) in [7, 11) is -3.46. The van der Waals surface area contributed by atoms with E-state index in [1.165, 1.54) is 0 Å². The monoisotopic (exact) mass is 457 g/mol. The molecular weight excluding hydrogens is 434 g/mol. The summed E-state index contributed by atoms with van der Waals surface area (Å²) < 4.78 is 27.6. The third-order valence-corrected chi connectivity index (χ3v) is 6.88. The number of hydrogen-bond acceptors (Lipinski definition) is 6. The van der Waals surface area contributed by atoms with Crippen LogP contribution in [0.15, 0.2) is 71.8 Å². The van der Waals surface area contributed by atoms with Gasteiger partial charge in [-0.15, -0.1) is 0 Å². The van der Waals surface area contributed by atoms with Crippen LogP contribution in [-0.4, -0.2) is 70.9 Å². The minimum atomic E-state index is -3.46. The Morgan fingerprint density at radius 2 is 1.47 bits per heavy atom. The van der Waals surface area contributed by atoms with Crippen molar-refractivity contribution in [3.8, 4) is 0 Å². The molecule has 1 aromatic heterocycles. The van der Waals surface area contributed by atoms with Gasteiger partial charge in [0.15, 0.2) is 0 Å². The normalized spacial score (nSPS) is 15.0. The Morgan fingerprint density at radius 3 is 2.06 bits per heavy atom. The first-order valence-electron chi connectivity index (χ1n) is 9.85. The molecule has 0 saturated carbocycles. The molecule has 168 valence electrons. The first-order chi connectivity index (χ1) is 15.3. The molecule has 0 atom stereocenters. The summed E-state index contributed by atoms with van der Waals surface area (Å²) in [6.07, 6.45) is 1.79. The van der Waals surface area contributed by atoms with Crippen LogP contribution in [0.4, 0.5) is 0 Å². The zero-order chi connectivity index (χ0) is 23.1. The van der Waals surface area contributed by atoms with Crippen LogP contribution >= 0.6 is 0 Å². The number of aliphatic carboxylic acids is 2. The van der Waals surface area contributed by atoms with E-state index in [0.29, 0.717) is 31.1 Å². The van der Waals surface area contributed by atoms with Gasteiger partial charge in [0.05, 0.1) is 10.6 Å². The highest BCUT2D eigenvalue weighted by molar-refractivity contribution is 7.89. The number of fused-ring (bicyclic) bond motifs is 1. The van der Waals surface area contributed by atoms with Gasteiger partial charge in [0.1, 0.15) is 0 Å². The second-order valence-electron chi connectivity index (χ2n) is 7.12. The highest BCUT2D eigenvalue weighted by Gasteiger charge is 2.28. The van der Waals surface area contributed by atoms with E-state index in [4.69, 9.17) is 19.8 Å². The van der Waals surface area contributed by atoms with Crippen molar-refractivity contribution in [3.05, 3.63) is 72.6 Å². The molecule has 0 unspecified atom stereocenters. The predicted octanol–water partition coefficient (Wildman–Crippen LogP) is 1.90. The summed E-state index contributed by atoms with van der Waals surface area (Å²) in [5, 5.41) is 16.8. The number of rotatable bonds is 4. The van der Waals surface area contributed by atoms with Crippen molar-refractivity contribution in [2.45, 2.75) is 11.4 Å². The lowest BCUT2D eigenvalue weighted by molar-refractivity contribution is -0.159. The van der Waals surface area contributed by atoms with Crippen molar-refractivity contribution < 1.29 is 28.2 Å². The molecule has 0 amide bonds. The summed E-state index contributed by atoms with van der Waals surface area (Å²) in [4.78, 5) is 25.2. The smallest absolute Gasteiger partial charge is 0.414 e. The number of piperazine rings is 1. The number of aromatic nitrogens is 1. The Bertz CT molecular complexity index is 1180. The molecule has 10 heteroatoms. The van der Waals surface area contributed by atoms with E-state index in [1.807, 2.05) is 48.5 Å². The van der Waals surface area contributed by atoms with Gasteiger partial charge in [-0.25, -0.2) is 18.0 Å². The largest absolute Gasteiger partial charge is 0.473 e. The molecule has 3 aromatic rings. The first-order valence-corrected chi connectivity index (χ1v) is 11.3. The van der Waals surface area contributed by atoms with Crippen LogP contribution < -0.4 is 0 Å². The summed E-state index contributed by atoms with van der Waals surface area (Å²) in [6.45, 7) is 3.18. The molecule has 2 heterocycles. The standard InChI is InChI=1S/C20H21N3O2S.C2H2O4/c24-26(25,20-9-8-17-5-1-2-6-18(17)15-20)23-13-11-22(12-14-23)16-19-7-3-4-10-21-19;3-1(4)2(5)6/h1-10,15H,11-14,16H2;(H,3,4)(H,5,6). The number of carbonyl (C=O) groups is 2. The molecule has 2 N–H and O–H groups in total. The fraction of sp³-hybridized carbons (Fsp3) is 0.227. The molecule has 0 radical (unpaired) electrons. The molecule has 2 aromatic carbocycles. The topological polar surface area (TPSA) is 128 Å². The van der Waals surface area contributed by atoms with Gasteiger partial charge in [0.2, 0.25) is 10.0 Å². The Morgan fingerprint density at radius 1 is 0.844 bits per heavy atom. The number of carboxylic acids is 2. The molecule has 1 fully saturated rings. The van der Waals surface area contributed by atoms with Gasteiger partial charge in [0, 0.05) is 38.9 Å². The predicted molar refractivity (Wildman–Crippen MR) is 117 cm³/mol. The Balaban J connectivity index is 0.000000427. The van der Waals surface area contributed by atoms with Gasteiger partial charge >= 0.3 is 11.9 Å². The van der Waals surface area contributed by atoms with E-state index in [-0.39, 0.29) is 0 Å². The molecule has 1 saturated heterocycles. The fourth-order valence-electron chi connectivity index (χ4n) is 3.33. The van der Waals surface area contributed by atoms with Gasteiger partial charge < -0.3 is 10.2 Å². The average molecular weight is 458 g/mol. The molecular formula is C22H23N3O6S. The second kappa shape index (κ2) is 10.3. The number of hydrogen-bond donors (Lipinski definition) is 2. The third kappa shape index (κ3) is 5.88. The average Bonchev–Trinajstić information content (AvgIpc) is 2.80.